The highest BCUT2D eigenvalue weighted by molar-refractivity contribution is 5.99. The normalized spacial score (nSPS) is 25.4. The van der Waals surface area contributed by atoms with Gasteiger partial charge in [0.2, 0.25) is 65.0 Å². The number of carboxylic acid groups (broad SMARTS) is 1. The number of ether oxygens (including phenoxy) is 1. The number of allylic oxidation sites excluding steroid dienone is 1. The number of carbonyl (C=O) groups is 12. The first-order valence-corrected chi connectivity index (χ1v) is 32.3. The predicted octanol–water partition coefficient (Wildman–Crippen LogP) is 2.64. The summed E-state index contributed by atoms with van der Waals surface area (Å²) in [6, 6.07) is -13.8. The topological polar surface area (TPSA) is 374 Å². The van der Waals surface area contributed by atoms with E-state index in [-0.39, 0.29) is 68.7 Å². The lowest BCUT2D eigenvalue weighted by Crippen LogP contribution is -2.63. The van der Waals surface area contributed by atoms with Gasteiger partial charge in [-0.3, -0.25) is 52.7 Å². The SMILES string of the molecule is CC[C@@H]1NC(=O)[C@H]([C@H](O)[C@H](C)C/C=C/CN=[N+]=[N-])N(C)C(=O)[C@H](C(C)C)N(C)C(=O)[C@H](CC(C)C)N(C)C(=O)[C@H](CC(C)C)N(C)C(=O)[C@@H](COCC(=O)O)NC(=O)[C@H](C)NC(=O)[C@H](CC(C)C)N(C)C(=O)[C@H](C(C)C)NC(=O)[C@H](CC(C)C)N(C)C(=O)CN(C)C1=O. The monoisotopic (exact) mass is 1320 g/mol. The van der Waals surface area contributed by atoms with E-state index in [9.17, 15) is 53.4 Å². The molecule has 6 N–H and O–H groups in total. The minimum Gasteiger partial charge on any atom is -0.480 e. The number of hydrogen-bond donors (Lipinski definition) is 6. The van der Waals surface area contributed by atoms with Crippen molar-refractivity contribution in [2.75, 3.05) is 75.6 Å². The lowest BCUT2D eigenvalue weighted by molar-refractivity contribution is -0.157. The molecule has 0 bridgehead atoms. The van der Waals surface area contributed by atoms with E-state index >= 15 is 14.4 Å². The summed E-state index contributed by atoms with van der Waals surface area (Å²) in [5.41, 5.74) is 8.81. The average molecular weight is 1320 g/mol. The third-order valence-corrected chi connectivity index (χ3v) is 16.7. The minimum absolute atomic E-state index is 0.00868. The summed E-state index contributed by atoms with van der Waals surface area (Å²) in [7, 11) is 9.43. The molecule has 29 nitrogen and oxygen atoms in total. The Morgan fingerprint density at radius 1 is 0.559 bits per heavy atom. The highest BCUT2D eigenvalue weighted by atomic mass is 16.5. The van der Waals surface area contributed by atoms with Crippen molar-refractivity contribution in [3.8, 4) is 0 Å². The Balaban J connectivity index is 4.49. The molecule has 1 rings (SSSR count). The molecule has 0 saturated carbocycles. The molecule has 11 amide bonds. The molecule has 0 spiro atoms. The number of aliphatic hydroxyl groups is 1. The van der Waals surface area contributed by atoms with Crippen LogP contribution in [0.4, 0.5) is 0 Å². The second-order valence-electron chi connectivity index (χ2n) is 27.1. The summed E-state index contributed by atoms with van der Waals surface area (Å²) in [6.45, 7) is 23.5. The minimum atomic E-state index is -1.73. The summed E-state index contributed by atoms with van der Waals surface area (Å²) in [4.78, 5) is 184. The second-order valence-corrected chi connectivity index (χ2v) is 27.1. The van der Waals surface area contributed by atoms with Crippen LogP contribution in [0.25, 0.3) is 10.4 Å². The third-order valence-electron chi connectivity index (χ3n) is 16.7. The predicted molar refractivity (Wildman–Crippen MR) is 350 cm³/mol. The van der Waals surface area contributed by atoms with Crippen LogP contribution in [-0.4, -0.2) is 258 Å². The van der Waals surface area contributed by atoms with Gasteiger partial charge in [-0.25, -0.2) is 4.79 Å². The fraction of sp³-hybridized carbons (Fsp3) is 0.781. The Morgan fingerprint density at radius 3 is 1.48 bits per heavy atom. The van der Waals surface area contributed by atoms with Gasteiger partial charge in [0.15, 0.2) is 0 Å². The number of rotatable bonds is 21. The Bertz CT molecular complexity index is 2650. The molecule has 0 aromatic rings. The molecule has 29 heteroatoms. The first kappa shape index (κ1) is 83.6. The van der Waals surface area contributed by atoms with Gasteiger partial charge in [-0.15, -0.1) is 0 Å². The Kier molecular flexibility index (Phi) is 35.4. The highest BCUT2D eigenvalue weighted by Crippen LogP contribution is 2.26. The van der Waals surface area contributed by atoms with Gasteiger partial charge in [-0.05, 0) is 92.4 Å². The van der Waals surface area contributed by atoms with E-state index < -0.39 is 175 Å². The molecule has 1 aliphatic rings. The summed E-state index contributed by atoms with van der Waals surface area (Å²) in [5, 5.41) is 35.9. The van der Waals surface area contributed by atoms with E-state index in [0.717, 1.165) is 19.6 Å². The summed E-state index contributed by atoms with van der Waals surface area (Å²) < 4.78 is 5.38. The zero-order valence-electron chi connectivity index (χ0n) is 59.3. The molecular weight excluding hydrogens is 1200 g/mol. The van der Waals surface area contributed by atoms with Crippen molar-refractivity contribution in [3.05, 3.63) is 22.6 Å². The van der Waals surface area contributed by atoms with Crippen LogP contribution in [0.1, 0.15) is 142 Å². The number of amides is 11. The number of nitrogens with one attached hydrogen (secondary N) is 4. The number of azide groups is 1. The Hall–Kier alpha value is -7.39. The van der Waals surface area contributed by atoms with Crippen LogP contribution in [0.2, 0.25) is 0 Å². The molecule has 0 aromatic carbocycles. The van der Waals surface area contributed by atoms with Gasteiger partial charge in [0, 0.05) is 60.8 Å². The number of likely N-dealkylation sites (N-methyl/N-ethyl adjacent to an activating group) is 7. The van der Waals surface area contributed by atoms with Crippen LogP contribution in [0.5, 0.6) is 0 Å². The molecule has 1 saturated heterocycles. The zero-order chi connectivity index (χ0) is 71.8. The van der Waals surface area contributed by atoms with Crippen LogP contribution < -0.4 is 21.3 Å². The van der Waals surface area contributed by atoms with Crippen LogP contribution >= 0.6 is 0 Å². The van der Waals surface area contributed by atoms with E-state index in [1.165, 1.54) is 71.0 Å². The lowest BCUT2D eigenvalue weighted by atomic mass is 9.91. The second kappa shape index (κ2) is 39.3. The maximum atomic E-state index is 15.3. The Morgan fingerprint density at radius 2 is 1.01 bits per heavy atom. The molecule has 0 unspecified atom stereocenters. The van der Waals surface area contributed by atoms with Crippen LogP contribution in [-0.2, 0) is 62.3 Å². The molecule has 528 valence electrons. The first-order valence-electron chi connectivity index (χ1n) is 32.3. The van der Waals surface area contributed by atoms with Gasteiger partial charge in [-0.2, -0.15) is 0 Å². The van der Waals surface area contributed by atoms with Crippen molar-refractivity contribution in [2.45, 2.75) is 209 Å². The van der Waals surface area contributed by atoms with E-state index in [0.29, 0.717) is 0 Å². The fourth-order valence-electron chi connectivity index (χ4n) is 11.1. The number of carbonyl (C=O) groups excluding carboxylic acids is 11. The van der Waals surface area contributed by atoms with Crippen molar-refractivity contribution in [1.29, 1.82) is 0 Å². The quantitative estimate of drug-likeness (QED) is 0.0416. The number of hydrogen-bond acceptors (Lipinski definition) is 15. The van der Waals surface area contributed by atoms with E-state index in [4.69, 9.17) is 10.3 Å². The van der Waals surface area contributed by atoms with Gasteiger partial charge >= 0.3 is 5.97 Å². The molecular formula is C64H112N14O15. The van der Waals surface area contributed by atoms with Gasteiger partial charge in [0.05, 0.1) is 19.3 Å². The van der Waals surface area contributed by atoms with Gasteiger partial charge in [0.25, 0.3) is 0 Å². The largest absolute Gasteiger partial charge is 0.480 e. The number of nitrogens with zero attached hydrogens (tertiary/aromatic N) is 10. The Labute approximate surface area is 550 Å². The van der Waals surface area contributed by atoms with E-state index in [2.05, 4.69) is 31.3 Å². The third kappa shape index (κ3) is 25.1. The fourth-order valence-corrected chi connectivity index (χ4v) is 11.1. The molecule has 0 aliphatic carbocycles. The lowest BCUT2D eigenvalue weighted by Gasteiger charge is -2.41. The summed E-state index contributed by atoms with van der Waals surface area (Å²) in [6.07, 6.45) is 1.86. The maximum absolute atomic E-state index is 15.3. The number of carboxylic acids is 1. The van der Waals surface area contributed by atoms with Crippen molar-refractivity contribution < 1.29 is 72.5 Å². The van der Waals surface area contributed by atoms with E-state index in [1.807, 2.05) is 41.5 Å². The van der Waals surface area contributed by atoms with Crippen molar-refractivity contribution in [1.82, 2.24) is 55.6 Å². The number of aliphatic carboxylic acids is 1. The summed E-state index contributed by atoms with van der Waals surface area (Å²) >= 11 is 0. The van der Waals surface area contributed by atoms with Gasteiger partial charge in [-0.1, -0.05) is 114 Å². The molecule has 93 heavy (non-hydrogen) atoms. The first-order chi connectivity index (χ1) is 43.1. The molecule has 1 heterocycles. The molecule has 1 aliphatic heterocycles. The van der Waals surface area contributed by atoms with Crippen molar-refractivity contribution in [3.63, 3.8) is 0 Å². The van der Waals surface area contributed by atoms with Gasteiger partial charge < -0.3 is 70.5 Å². The molecule has 0 aromatic heterocycles. The zero-order valence-corrected chi connectivity index (χ0v) is 59.3. The highest BCUT2D eigenvalue weighted by Gasteiger charge is 2.46. The smallest absolute Gasteiger partial charge is 0.329 e. The van der Waals surface area contributed by atoms with Crippen LogP contribution in [0.15, 0.2) is 17.3 Å². The maximum Gasteiger partial charge on any atom is 0.329 e. The number of aliphatic hydroxyl groups excluding tert-OH is 1. The standard InChI is InChI=1S/C64H112N14O15/c1-23-43-59(87)72(16)32-49(79)73(17)45(28-35(2)3)57(85)70-51(39(10)11)63(91)74(18)46(29-36(4)5)56(84)67-42(15)55(83)69-44(33-93-34-50(80)81)60(88)75(19)47(30-37(6)7)61(89)76(20)48(31-38(8)9)62(90)77(21)52(40(12)13)64(92)78(22)53(58(86)68-43)54(82)41(14)26-24-25-27-66-71-65/h24-25,35-48,51-54,82H,23,26-34H2,1-22H3,(H,67,84)(H,68,86)(H,69,83)(H,70,85)(H,80,81)/b25-24+/t41-,42+,43+,44-,45+,46+,47+,48+,51+,52+,53+,54-/m1/s1. The molecule has 1 fully saturated rings. The molecule has 12 atom stereocenters. The van der Waals surface area contributed by atoms with Crippen molar-refractivity contribution >= 4 is 70.9 Å². The molecule has 0 radical (unpaired) electrons. The summed E-state index contributed by atoms with van der Waals surface area (Å²) in [5.74, 6) is -13.0. The van der Waals surface area contributed by atoms with Crippen LogP contribution in [0.3, 0.4) is 0 Å². The van der Waals surface area contributed by atoms with Crippen molar-refractivity contribution in [2.24, 2.45) is 46.5 Å². The van der Waals surface area contributed by atoms with Crippen LogP contribution in [0, 0.1) is 41.4 Å². The average Bonchev–Trinajstić information content (AvgIpc) is 0.841. The van der Waals surface area contributed by atoms with Gasteiger partial charge in [0.1, 0.15) is 67.0 Å². The van der Waals surface area contributed by atoms with E-state index in [1.54, 1.807) is 67.5 Å².